The summed E-state index contributed by atoms with van der Waals surface area (Å²) in [5, 5.41) is 7.65. The normalized spacial score (nSPS) is 12.2. The van der Waals surface area contributed by atoms with Crippen LogP contribution in [0.4, 0.5) is 4.39 Å². The maximum absolute atomic E-state index is 13.7. The van der Waals surface area contributed by atoms with Crippen LogP contribution in [0, 0.1) is 5.82 Å². The van der Waals surface area contributed by atoms with Gasteiger partial charge in [-0.15, -0.1) is 0 Å². The highest BCUT2D eigenvalue weighted by Crippen LogP contribution is 2.17. The lowest BCUT2D eigenvalue weighted by atomic mass is 9.98. The van der Waals surface area contributed by atoms with Gasteiger partial charge in [0.25, 0.3) is 5.91 Å². The molecule has 0 spiro atoms. The highest BCUT2D eigenvalue weighted by atomic mass is 32.2. The fourth-order valence-corrected chi connectivity index (χ4v) is 2.46. The molecule has 0 aliphatic carbocycles. The Morgan fingerprint density at radius 3 is 2.50 bits per heavy atom. The van der Waals surface area contributed by atoms with E-state index in [1.807, 2.05) is 20.8 Å². The van der Waals surface area contributed by atoms with Gasteiger partial charge in [-0.1, -0.05) is 13.3 Å². The molecule has 1 aromatic rings. The molecular weight excluding hydrogens is 283 g/mol. The van der Waals surface area contributed by atoms with Crippen LogP contribution in [0.3, 0.4) is 0 Å². The molecule has 0 unspecified atom stereocenters. The van der Waals surface area contributed by atoms with E-state index in [0.717, 1.165) is 31.0 Å². The SMILES string of the molecule is CCCC(C)(C)NC(=O)c1cc(S(N)(=O)=O)ccc1F. The maximum Gasteiger partial charge on any atom is 0.254 e. The molecule has 0 fully saturated rings. The van der Waals surface area contributed by atoms with Gasteiger partial charge in [0.15, 0.2) is 0 Å². The molecule has 0 aromatic heterocycles. The van der Waals surface area contributed by atoms with Crippen LogP contribution < -0.4 is 10.5 Å². The Labute approximate surface area is 118 Å². The lowest BCUT2D eigenvalue weighted by molar-refractivity contribution is 0.0904. The van der Waals surface area contributed by atoms with Gasteiger partial charge >= 0.3 is 0 Å². The minimum Gasteiger partial charge on any atom is -0.347 e. The Morgan fingerprint density at radius 2 is 2.00 bits per heavy atom. The highest BCUT2D eigenvalue weighted by Gasteiger charge is 2.23. The number of nitrogens with one attached hydrogen (secondary N) is 1. The van der Waals surface area contributed by atoms with Crippen LogP contribution in [-0.4, -0.2) is 19.9 Å². The molecule has 1 rings (SSSR count). The van der Waals surface area contributed by atoms with Crippen LogP contribution in [-0.2, 0) is 10.0 Å². The van der Waals surface area contributed by atoms with Gasteiger partial charge in [-0.25, -0.2) is 17.9 Å². The van der Waals surface area contributed by atoms with Crippen molar-refractivity contribution >= 4 is 15.9 Å². The Bertz CT molecular complexity index is 612. The zero-order chi connectivity index (χ0) is 15.6. The number of halogens is 1. The molecule has 0 atom stereocenters. The Kier molecular flexibility index (Phi) is 4.88. The van der Waals surface area contributed by atoms with Crippen LogP contribution >= 0.6 is 0 Å². The Morgan fingerprint density at radius 1 is 1.40 bits per heavy atom. The molecule has 0 radical (unpaired) electrons. The number of hydrogen-bond donors (Lipinski definition) is 2. The number of nitrogens with two attached hydrogens (primary N) is 1. The van der Waals surface area contributed by atoms with Crippen molar-refractivity contribution in [1.82, 2.24) is 5.32 Å². The average molecular weight is 302 g/mol. The van der Waals surface area contributed by atoms with E-state index in [1.54, 1.807) is 0 Å². The van der Waals surface area contributed by atoms with Gasteiger partial charge in [-0.2, -0.15) is 0 Å². The van der Waals surface area contributed by atoms with E-state index in [-0.39, 0.29) is 10.5 Å². The molecule has 112 valence electrons. The van der Waals surface area contributed by atoms with Gasteiger partial charge < -0.3 is 5.32 Å². The number of amides is 1. The van der Waals surface area contributed by atoms with Crippen LogP contribution in [0.2, 0.25) is 0 Å². The molecule has 0 bridgehead atoms. The summed E-state index contributed by atoms with van der Waals surface area (Å²) >= 11 is 0. The molecular formula is C13H19FN2O3S. The first kappa shape index (κ1) is 16.6. The number of carbonyl (C=O) groups excluding carboxylic acids is 1. The topological polar surface area (TPSA) is 89.3 Å². The Balaban J connectivity index is 3.10. The number of primary sulfonamides is 1. The van der Waals surface area contributed by atoms with Crippen LogP contribution in [0.25, 0.3) is 0 Å². The van der Waals surface area contributed by atoms with Gasteiger partial charge in [0, 0.05) is 5.54 Å². The van der Waals surface area contributed by atoms with E-state index in [9.17, 15) is 17.6 Å². The smallest absolute Gasteiger partial charge is 0.254 e. The summed E-state index contributed by atoms with van der Waals surface area (Å²) in [6.45, 7) is 5.60. The molecule has 5 nitrogen and oxygen atoms in total. The molecule has 1 aromatic carbocycles. The van der Waals surface area contributed by atoms with Crippen molar-refractivity contribution in [3.8, 4) is 0 Å². The van der Waals surface area contributed by atoms with Crippen LogP contribution in [0.1, 0.15) is 44.0 Å². The summed E-state index contributed by atoms with van der Waals surface area (Å²) in [6, 6.07) is 2.89. The van der Waals surface area contributed by atoms with Gasteiger partial charge in [0.2, 0.25) is 10.0 Å². The third kappa shape index (κ3) is 4.28. The van der Waals surface area contributed by atoms with Gasteiger partial charge in [-0.05, 0) is 38.5 Å². The second kappa shape index (κ2) is 5.88. The summed E-state index contributed by atoms with van der Waals surface area (Å²) in [7, 11) is -3.98. The summed E-state index contributed by atoms with van der Waals surface area (Å²) in [5.74, 6) is -1.45. The lowest BCUT2D eigenvalue weighted by Crippen LogP contribution is -2.43. The lowest BCUT2D eigenvalue weighted by Gasteiger charge is -2.25. The monoisotopic (exact) mass is 302 g/mol. The van der Waals surface area contributed by atoms with E-state index in [1.165, 1.54) is 0 Å². The number of benzene rings is 1. The number of sulfonamides is 1. The van der Waals surface area contributed by atoms with Crippen molar-refractivity contribution < 1.29 is 17.6 Å². The van der Waals surface area contributed by atoms with E-state index in [0.29, 0.717) is 0 Å². The van der Waals surface area contributed by atoms with Crippen molar-refractivity contribution in [3.63, 3.8) is 0 Å². The van der Waals surface area contributed by atoms with E-state index in [2.05, 4.69) is 5.32 Å². The van der Waals surface area contributed by atoms with Crippen molar-refractivity contribution in [1.29, 1.82) is 0 Å². The summed E-state index contributed by atoms with van der Waals surface area (Å²) < 4.78 is 36.1. The fraction of sp³-hybridized carbons (Fsp3) is 0.462. The fourth-order valence-electron chi connectivity index (χ4n) is 1.92. The number of hydrogen-bond acceptors (Lipinski definition) is 3. The molecule has 0 heterocycles. The molecule has 7 heteroatoms. The first-order valence-electron chi connectivity index (χ1n) is 6.21. The van der Waals surface area contributed by atoms with Crippen molar-refractivity contribution in [2.75, 3.05) is 0 Å². The second-order valence-electron chi connectivity index (χ2n) is 5.27. The molecule has 0 saturated carbocycles. The predicted molar refractivity (Wildman–Crippen MR) is 74.2 cm³/mol. The molecule has 0 saturated heterocycles. The van der Waals surface area contributed by atoms with Crippen molar-refractivity contribution in [3.05, 3.63) is 29.6 Å². The highest BCUT2D eigenvalue weighted by molar-refractivity contribution is 7.89. The zero-order valence-corrected chi connectivity index (χ0v) is 12.6. The average Bonchev–Trinajstić information content (AvgIpc) is 2.26. The summed E-state index contributed by atoms with van der Waals surface area (Å²) in [5.41, 5.74) is -0.837. The number of rotatable bonds is 5. The quantitative estimate of drug-likeness (QED) is 0.869. The standard InChI is InChI=1S/C13H19FN2O3S/c1-4-7-13(2,3)16-12(17)10-8-9(20(15,18)19)5-6-11(10)14/h5-6,8H,4,7H2,1-3H3,(H,16,17)(H2,15,18,19). The first-order valence-corrected chi connectivity index (χ1v) is 7.76. The summed E-state index contributed by atoms with van der Waals surface area (Å²) in [4.78, 5) is 11.8. The minimum absolute atomic E-state index is 0.294. The molecule has 0 aliphatic rings. The van der Waals surface area contributed by atoms with Crippen LogP contribution in [0.15, 0.2) is 23.1 Å². The third-order valence-corrected chi connectivity index (χ3v) is 3.75. The van der Waals surface area contributed by atoms with Crippen LogP contribution in [0.5, 0.6) is 0 Å². The first-order chi connectivity index (χ1) is 9.07. The van der Waals surface area contributed by atoms with Gasteiger partial charge in [0.05, 0.1) is 10.5 Å². The largest absolute Gasteiger partial charge is 0.347 e. The molecule has 3 N–H and O–H groups in total. The van der Waals surface area contributed by atoms with E-state index in [4.69, 9.17) is 5.14 Å². The van der Waals surface area contributed by atoms with Crippen molar-refractivity contribution in [2.24, 2.45) is 5.14 Å². The van der Waals surface area contributed by atoms with Crippen molar-refractivity contribution in [2.45, 2.75) is 44.0 Å². The predicted octanol–water partition coefficient (Wildman–Crippen LogP) is 1.78. The van der Waals surface area contributed by atoms with Gasteiger partial charge in [0.1, 0.15) is 5.82 Å². The zero-order valence-electron chi connectivity index (χ0n) is 11.7. The molecule has 20 heavy (non-hydrogen) atoms. The maximum atomic E-state index is 13.7. The Hall–Kier alpha value is -1.47. The number of carbonyl (C=O) groups is 1. The van der Waals surface area contributed by atoms with E-state index >= 15 is 0 Å². The summed E-state index contributed by atoms with van der Waals surface area (Å²) in [6.07, 6.45) is 1.57. The molecule has 0 aliphatic heterocycles. The van der Waals surface area contributed by atoms with Gasteiger partial charge in [-0.3, -0.25) is 4.79 Å². The minimum atomic E-state index is -3.98. The second-order valence-corrected chi connectivity index (χ2v) is 6.84. The molecule has 1 amide bonds. The van der Waals surface area contributed by atoms with E-state index < -0.39 is 27.3 Å². The third-order valence-electron chi connectivity index (χ3n) is 2.84.